The quantitative estimate of drug-likeness (QED) is 0.749. The second kappa shape index (κ2) is 6.51. The lowest BCUT2D eigenvalue weighted by Crippen LogP contribution is -2.32. The van der Waals surface area contributed by atoms with Gasteiger partial charge in [-0.2, -0.15) is 15.4 Å². The van der Waals surface area contributed by atoms with E-state index in [1.165, 1.54) is 0 Å². The number of carbonyl (C=O) groups excluding carboxylic acids is 1. The van der Waals surface area contributed by atoms with Crippen molar-refractivity contribution in [3.63, 3.8) is 0 Å². The third-order valence-electron chi connectivity index (χ3n) is 4.36. The van der Waals surface area contributed by atoms with Crippen molar-refractivity contribution in [1.82, 2.24) is 25.0 Å². The van der Waals surface area contributed by atoms with Crippen LogP contribution in [0.1, 0.15) is 30.9 Å². The third kappa shape index (κ3) is 3.60. The fourth-order valence-corrected chi connectivity index (χ4v) is 2.61. The third-order valence-corrected chi connectivity index (χ3v) is 4.36. The molecule has 0 fully saturated rings. The van der Waals surface area contributed by atoms with Gasteiger partial charge in [-0.15, -0.1) is 0 Å². The standard InChI is InChI=1S/C18H22N6O/c1-12-13(2)24(11-19-12)16-7-5-14(6-8-16)21-17(25)18(3,4)9-15-10-20-23-22-15/h5-8,10-11H,9H2,1-4H3,(H,21,25)(H,20,22,23). The molecule has 3 rings (SSSR count). The van der Waals surface area contributed by atoms with Crippen molar-refractivity contribution in [3.05, 3.63) is 53.9 Å². The van der Waals surface area contributed by atoms with Crippen molar-refractivity contribution < 1.29 is 4.79 Å². The first-order valence-corrected chi connectivity index (χ1v) is 8.14. The van der Waals surface area contributed by atoms with Crippen LogP contribution in [0.4, 0.5) is 5.69 Å². The number of hydrogen-bond donors (Lipinski definition) is 2. The summed E-state index contributed by atoms with van der Waals surface area (Å²) in [5.41, 5.74) is 4.06. The van der Waals surface area contributed by atoms with E-state index >= 15 is 0 Å². The first-order chi connectivity index (χ1) is 11.9. The molecule has 2 aromatic heterocycles. The normalized spacial score (nSPS) is 11.5. The fraction of sp³-hybridized carbons (Fsp3) is 0.333. The molecular formula is C18H22N6O. The minimum atomic E-state index is -0.590. The molecule has 0 spiro atoms. The summed E-state index contributed by atoms with van der Waals surface area (Å²) >= 11 is 0. The van der Waals surface area contributed by atoms with E-state index in [2.05, 4.69) is 25.7 Å². The first kappa shape index (κ1) is 16.9. The van der Waals surface area contributed by atoms with Crippen molar-refractivity contribution >= 4 is 11.6 Å². The van der Waals surface area contributed by atoms with Crippen LogP contribution in [0.3, 0.4) is 0 Å². The van der Waals surface area contributed by atoms with Crippen LogP contribution in [-0.4, -0.2) is 30.9 Å². The lowest BCUT2D eigenvalue weighted by Gasteiger charge is -2.22. The fourth-order valence-electron chi connectivity index (χ4n) is 2.61. The van der Waals surface area contributed by atoms with Gasteiger partial charge in [0.1, 0.15) is 0 Å². The van der Waals surface area contributed by atoms with Gasteiger partial charge in [0, 0.05) is 28.9 Å². The molecule has 0 bridgehead atoms. The number of carbonyl (C=O) groups is 1. The molecule has 2 N–H and O–H groups in total. The molecule has 25 heavy (non-hydrogen) atoms. The van der Waals surface area contributed by atoms with E-state index in [0.29, 0.717) is 6.42 Å². The molecule has 2 heterocycles. The second-order valence-electron chi connectivity index (χ2n) is 6.81. The molecule has 0 saturated heterocycles. The number of nitrogens with one attached hydrogen (secondary N) is 2. The highest BCUT2D eigenvalue weighted by Crippen LogP contribution is 2.24. The van der Waals surface area contributed by atoms with E-state index in [0.717, 1.165) is 28.5 Å². The number of amides is 1. The first-order valence-electron chi connectivity index (χ1n) is 8.14. The molecule has 0 aliphatic rings. The summed E-state index contributed by atoms with van der Waals surface area (Å²) in [5, 5.41) is 13.3. The van der Waals surface area contributed by atoms with Crippen molar-refractivity contribution in [1.29, 1.82) is 0 Å². The second-order valence-corrected chi connectivity index (χ2v) is 6.81. The van der Waals surface area contributed by atoms with Gasteiger partial charge < -0.3 is 9.88 Å². The van der Waals surface area contributed by atoms with Crippen LogP contribution >= 0.6 is 0 Å². The summed E-state index contributed by atoms with van der Waals surface area (Å²) in [7, 11) is 0. The number of H-pyrrole nitrogens is 1. The number of nitrogens with zero attached hydrogens (tertiary/aromatic N) is 4. The van der Waals surface area contributed by atoms with Gasteiger partial charge in [0.05, 0.1) is 23.9 Å². The molecule has 0 atom stereocenters. The Morgan fingerprint density at radius 3 is 2.52 bits per heavy atom. The van der Waals surface area contributed by atoms with Crippen LogP contribution in [0, 0.1) is 19.3 Å². The lowest BCUT2D eigenvalue weighted by atomic mass is 9.87. The number of benzene rings is 1. The molecule has 7 heteroatoms. The lowest BCUT2D eigenvalue weighted by molar-refractivity contribution is -0.123. The topological polar surface area (TPSA) is 88.5 Å². The van der Waals surface area contributed by atoms with Gasteiger partial charge in [-0.1, -0.05) is 13.8 Å². The minimum absolute atomic E-state index is 0.0575. The molecular weight excluding hydrogens is 316 g/mol. The number of aromatic nitrogens is 5. The van der Waals surface area contributed by atoms with Gasteiger partial charge in [-0.05, 0) is 38.1 Å². The van der Waals surface area contributed by atoms with E-state index in [-0.39, 0.29) is 5.91 Å². The van der Waals surface area contributed by atoms with Gasteiger partial charge in [-0.3, -0.25) is 4.79 Å². The zero-order valence-electron chi connectivity index (χ0n) is 14.9. The van der Waals surface area contributed by atoms with Gasteiger partial charge in [-0.25, -0.2) is 4.98 Å². The van der Waals surface area contributed by atoms with Crippen molar-refractivity contribution in [2.24, 2.45) is 5.41 Å². The Morgan fingerprint density at radius 2 is 1.96 bits per heavy atom. The summed E-state index contributed by atoms with van der Waals surface area (Å²) in [6.07, 6.45) is 3.96. The molecule has 0 aliphatic carbocycles. The monoisotopic (exact) mass is 338 g/mol. The smallest absolute Gasteiger partial charge is 0.230 e. The Morgan fingerprint density at radius 1 is 1.24 bits per heavy atom. The predicted octanol–water partition coefficient (Wildman–Crippen LogP) is 2.81. The summed E-state index contributed by atoms with van der Waals surface area (Å²) in [4.78, 5) is 16.9. The number of aryl methyl sites for hydroxylation is 1. The van der Waals surface area contributed by atoms with Crippen molar-refractivity contribution in [2.75, 3.05) is 5.32 Å². The Hall–Kier alpha value is -2.96. The van der Waals surface area contributed by atoms with E-state index in [1.54, 1.807) is 12.5 Å². The van der Waals surface area contributed by atoms with E-state index in [1.807, 2.05) is 56.5 Å². The zero-order chi connectivity index (χ0) is 18.0. The maximum Gasteiger partial charge on any atom is 0.230 e. The minimum Gasteiger partial charge on any atom is -0.326 e. The summed E-state index contributed by atoms with van der Waals surface area (Å²) < 4.78 is 2.02. The molecule has 0 unspecified atom stereocenters. The van der Waals surface area contributed by atoms with Gasteiger partial charge >= 0.3 is 0 Å². The zero-order valence-corrected chi connectivity index (χ0v) is 14.9. The summed E-state index contributed by atoms with van der Waals surface area (Å²) in [6, 6.07) is 7.73. The van der Waals surface area contributed by atoms with Crippen LogP contribution in [0.25, 0.3) is 5.69 Å². The Bertz CT molecular complexity index is 862. The summed E-state index contributed by atoms with van der Waals surface area (Å²) in [6.45, 7) is 7.80. The molecule has 3 aromatic rings. The van der Waals surface area contributed by atoms with Crippen LogP contribution in [0.5, 0.6) is 0 Å². The van der Waals surface area contributed by atoms with E-state index in [9.17, 15) is 4.79 Å². The SMILES string of the molecule is Cc1ncn(-c2ccc(NC(=O)C(C)(C)Cc3cn[nH]n3)cc2)c1C. The van der Waals surface area contributed by atoms with Gasteiger partial charge in [0.25, 0.3) is 0 Å². The van der Waals surface area contributed by atoms with Crippen LogP contribution < -0.4 is 5.32 Å². The van der Waals surface area contributed by atoms with Crippen molar-refractivity contribution in [3.8, 4) is 5.69 Å². The summed E-state index contributed by atoms with van der Waals surface area (Å²) in [5.74, 6) is -0.0575. The van der Waals surface area contributed by atoms with E-state index < -0.39 is 5.41 Å². The molecule has 1 amide bonds. The number of hydrogen-bond acceptors (Lipinski definition) is 4. The van der Waals surface area contributed by atoms with Gasteiger partial charge in [0.15, 0.2) is 0 Å². The Kier molecular flexibility index (Phi) is 4.39. The Balaban J connectivity index is 1.70. The van der Waals surface area contributed by atoms with E-state index in [4.69, 9.17) is 0 Å². The number of aromatic amines is 1. The average Bonchev–Trinajstić information content (AvgIpc) is 3.19. The number of rotatable bonds is 5. The largest absolute Gasteiger partial charge is 0.326 e. The van der Waals surface area contributed by atoms with Crippen molar-refractivity contribution in [2.45, 2.75) is 34.1 Å². The predicted molar refractivity (Wildman–Crippen MR) is 95.5 cm³/mol. The number of anilines is 1. The van der Waals surface area contributed by atoms with Gasteiger partial charge in [0.2, 0.25) is 5.91 Å². The molecule has 0 radical (unpaired) electrons. The van der Waals surface area contributed by atoms with Crippen LogP contribution in [0.2, 0.25) is 0 Å². The molecule has 130 valence electrons. The highest BCUT2D eigenvalue weighted by atomic mass is 16.2. The number of imidazole rings is 1. The molecule has 0 saturated carbocycles. The Labute approximate surface area is 146 Å². The van der Waals surface area contributed by atoms with Crippen LogP contribution in [-0.2, 0) is 11.2 Å². The molecule has 0 aliphatic heterocycles. The van der Waals surface area contributed by atoms with Crippen LogP contribution in [0.15, 0.2) is 36.8 Å². The maximum atomic E-state index is 12.6. The molecule has 7 nitrogen and oxygen atoms in total. The highest BCUT2D eigenvalue weighted by Gasteiger charge is 2.29. The maximum absolute atomic E-state index is 12.6. The molecule has 1 aromatic carbocycles. The average molecular weight is 338 g/mol. The highest BCUT2D eigenvalue weighted by molar-refractivity contribution is 5.95.